The van der Waals surface area contributed by atoms with E-state index in [9.17, 15) is 4.79 Å². The Morgan fingerprint density at radius 3 is 2.68 bits per heavy atom. The number of hydrogen-bond donors (Lipinski definition) is 0. The van der Waals surface area contributed by atoms with Crippen molar-refractivity contribution in [2.75, 3.05) is 27.2 Å². The summed E-state index contributed by atoms with van der Waals surface area (Å²) in [6.45, 7) is 4.26. The van der Waals surface area contributed by atoms with Gasteiger partial charge in [-0.15, -0.1) is 0 Å². The topological polar surface area (TPSA) is 50.6 Å². The molecule has 1 aliphatic rings. The van der Waals surface area contributed by atoms with E-state index < -0.39 is 0 Å². The Morgan fingerprint density at radius 1 is 1.25 bits per heavy atom. The fourth-order valence-corrected chi connectivity index (χ4v) is 3.85. The Labute approximate surface area is 168 Å². The van der Waals surface area contributed by atoms with Crippen LogP contribution in [0.5, 0.6) is 5.75 Å². The second-order valence-electron chi connectivity index (χ2n) is 7.77. The lowest BCUT2D eigenvalue weighted by atomic mass is 9.98. The van der Waals surface area contributed by atoms with E-state index in [0.717, 1.165) is 49.4 Å². The van der Waals surface area contributed by atoms with Crippen LogP contribution in [0, 0.1) is 0 Å². The molecular formula is C22H32N4O2. The Bertz CT molecular complexity index is 782. The van der Waals surface area contributed by atoms with Crippen LogP contribution in [0.1, 0.15) is 49.2 Å². The van der Waals surface area contributed by atoms with Gasteiger partial charge in [-0.05, 0) is 64.0 Å². The molecule has 1 aromatic heterocycles. The third kappa shape index (κ3) is 4.93. The number of rotatable bonds is 7. The molecular weight excluding hydrogens is 352 g/mol. The predicted molar refractivity (Wildman–Crippen MR) is 110 cm³/mol. The second kappa shape index (κ2) is 9.24. The van der Waals surface area contributed by atoms with Crippen LogP contribution in [0.15, 0.2) is 30.3 Å². The van der Waals surface area contributed by atoms with Gasteiger partial charge in [-0.1, -0.05) is 12.1 Å². The van der Waals surface area contributed by atoms with Crippen LogP contribution in [-0.4, -0.2) is 52.7 Å². The normalized spacial score (nSPS) is 17.2. The first-order valence-electron chi connectivity index (χ1n) is 10.2. The third-order valence-corrected chi connectivity index (χ3v) is 5.23. The van der Waals surface area contributed by atoms with Gasteiger partial charge >= 0.3 is 0 Å². The van der Waals surface area contributed by atoms with Crippen LogP contribution < -0.4 is 4.74 Å². The molecule has 0 unspecified atom stereocenters. The maximum absolute atomic E-state index is 13.1. The molecule has 2 aromatic rings. The zero-order chi connectivity index (χ0) is 20.1. The lowest BCUT2D eigenvalue weighted by Crippen LogP contribution is -2.39. The van der Waals surface area contributed by atoms with Crippen molar-refractivity contribution in [3.63, 3.8) is 0 Å². The van der Waals surface area contributed by atoms with Gasteiger partial charge in [-0.25, -0.2) is 0 Å². The van der Waals surface area contributed by atoms with Gasteiger partial charge in [-0.2, -0.15) is 5.10 Å². The van der Waals surface area contributed by atoms with Crippen molar-refractivity contribution in [2.24, 2.45) is 7.05 Å². The lowest BCUT2D eigenvalue weighted by Gasteiger charge is -2.35. The minimum Gasteiger partial charge on any atom is -0.494 e. The summed E-state index contributed by atoms with van der Waals surface area (Å²) >= 11 is 0. The number of nitrogens with zero attached hydrogens (tertiary/aromatic N) is 4. The fraction of sp³-hybridized carbons (Fsp3) is 0.545. The van der Waals surface area contributed by atoms with Gasteiger partial charge in [0.25, 0.3) is 0 Å². The summed E-state index contributed by atoms with van der Waals surface area (Å²) in [4.78, 5) is 17.2. The molecule has 0 spiro atoms. The van der Waals surface area contributed by atoms with E-state index in [1.54, 1.807) is 0 Å². The van der Waals surface area contributed by atoms with Crippen molar-refractivity contribution in [1.82, 2.24) is 19.6 Å². The summed E-state index contributed by atoms with van der Waals surface area (Å²) in [6.07, 6.45) is 3.59. The summed E-state index contributed by atoms with van der Waals surface area (Å²) in [5.41, 5.74) is 3.20. The maximum Gasteiger partial charge on any atom is 0.227 e. The Kier molecular flexibility index (Phi) is 6.73. The monoisotopic (exact) mass is 384 g/mol. The number of aryl methyl sites for hydroxylation is 1. The first-order valence-corrected chi connectivity index (χ1v) is 10.2. The summed E-state index contributed by atoms with van der Waals surface area (Å²) in [5.74, 6) is 1.02. The van der Waals surface area contributed by atoms with E-state index in [4.69, 9.17) is 9.84 Å². The van der Waals surface area contributed by atoms with Gasteiger partial charge in [0, 0.05) is 20.1 Å². The zero-order valence-electron chi connectivity index (χ0n) is 17.5. The molecule has 1 amide bonds. The molecule has 6 heteroatoms. The van der Waals surface area contributed by atoms with E-state index in [1.165, 1.54) is 5.69 Å². The molecule has 3 rings (SSSR count). The molecule has 6 nitrogen and oxygen atoms in total. The number of carbonyl (C=O) groups excluding carboxylic acids is 1. The highest BCUT2D eigenvalue weighted by molar-refractivity contribution is 5.79. The van der Waals surface area contributed by atoms with E-state index in [0.29, 0.717) is 13.0 Å². The predicted octanol–water partition coefficient (Wildman–Crippen LogP) is 3.18. The first kappa shape index (κ1) is 20.4. The number of aromatic nitrogens is 2. The highest BCUT2D eigenvalue weighted by Crippen LogP contribution is 2.31. The quantitative estimate of drug-likeness (QED) is 0.736. The minimum atomic E-state index is 0.0751. The van der Waals surface area contributed by atoms with Gasteiger partial charge in [0.1, 0.15) is 5.75 Å². The van der Waals surface area contributed by atoms with Crippen molar-refractivity contribution < 1.29 is 9.53 Å². The molecule has 1 aliphatic heterocycles. The molecule has 28 heavy (non-hydrogen) atoms. The average molecular weight is 385 g/mol. The summed E-state index contributed by atoms with van der Waals surface area (Å²) in [5, 5.41) is 4.74. The van der Waals surface area contributed by atoms with Gasteiger partial charge in [-0.3, -0.25) is 9.48 Å². The average Bonchev–Trinajstić information content (AvgIpc) is 3.03. The van der Waals surface area contributed by atoms with E-state index in [2.05, 4.69) is 25.1 Å². The van der Waals surface area contributed by atoms with Crippen LogP contribution in [0.2, 0.25) is 0 Å². The molecule has 0 saturated carbocycles. The van der Waals surface area contributed by atoms with Crippen LogP contribution in [0.4, 0.5) is 0 Å². The van der Waals surface area contributed by atoms with Crippen LogP contribution in [-0.2, 0) is 24.8 Å². The van der Waals surface area contributed by atoms with E-state index >= 15 is 0 Å². The smallest absolute Gasteiger partial charge is 0.227 e. The SMILES string of the molecule is CCOc1ccc(CC(=O)N2CCCC[C@H]2c2cc(CN(C)C)n(C)n2)cc1. The number of ether oxygens (including phenoxy) is 1. The largest absolute Gasteiger partial charge is 0.494 e. The molecule has 2 heterocycles. The maximum atomic E-state index is 13.1. The number of piperidine rings is 1. The van der Waals surface area contributed by atoms with Crippen molar-refractivity contribution in [2.45, 2.75) is 45.2 Å². The Balaban J connectivity index is 1.72. The highest BCUT2D eigenvalue weighted by Gasteiger charge is 2.30. The van der Waals surface area contributed by atoms with Crippen molar-refractivity contribution in [3.05, 3.63) is 47.3 Å². The van der Waals surface area contributed by atoms with Gasteiger partial charge in [0.2, 0.25) is 5.91 Å². The molecule has 1 fully saturated rings. The zero-order valence-corrected chi connectivity index (χ0v) is 17.5. The van der Waals surface area contributed by atoms with Crippen molar-refractivity contribution >= 4 is 5.91 Å². The van der Waals surface area contributed by atoms with E-state index in [1.807, 2.05) is 47.8 Å². The summed E-state index contributed by atoms with van der Waals surface area (Å²) < 4.78 is 7.43. The Morgan fingerprint density at radius 2 is 2.00 bits per heavy atom. The lowest BCUT2D eigenvalue weighted by molar-refractivity contribution is -0.134. The third-order valence-electron chi connectivity index (χ3n) is 5.23. The highest BCUT2D eigenvalue weighted by atomic mass is 16.5. The standard InChI is InChI=1S/C22H32N4O2/c1-5-28-19-11-9-17(10-12-19)14-22(27)26-13-7-6-8-21(26)20-15-18(16-24(2)3)25(4)23-20/h9-12,15,21H,5-8,13-14,16H2,1-4H3/t21-/m0/s1. The number of benzene rings is 1. The number of hydrogen-bond acceptors (Lipinski definition) is 4. The molecule has 0 radical (unpaired) electrons. The molecule has 0 N–H and O–H groups in total. The summed E-state index contributed by atoms with van der Waals surface area (Å²) in [6, 6.07) is 10.1. The molecule has 1 aromatic carbocycles. The van der Waals surface area contributed by atoms with Gasteiger partial charge < -0.3 is 14.5 Å². The number of likely N-dealkylation sites (tertiary alicyclic amines) is 1. The van der Waals surface area contributed by atoms with Crippen molar-refractivity contribution in [3.8, 4) is 5.75 Å². The van der Waals surface area contributed by atoms with Crippen LogP contribution in [0.25, 0.3) is 0 Å². The van der Waals surface area contributed by atoms with Crippen LogP contribution in [0.3, 0.4) is 0 Å². The molecule has 0 aliphatic carbocycles. The van der Waals surface area contributed by atoms with Crippen molar-refractivity contribution in [1.29, 1.82) is 0 Å². The molecule has 1 saturated heterocycles. The number of amides is 1. The minimum absolute atomic E-state index is 0.0751. The van der Waals surface area contributed by atoms with Crippen LogP contribution >= 0.6 is 0 Å². The first-order chi connectivity index (χ1) is 13.5. The van der Waals surface area contributed by atoms with Gasteiger partial charge in [0.05, 0.1) is 30.5 Å². The molecule has 1 atom stereocenters. The number of carbonyl (C=O) groups is 1. The van der Waals surface area contributed by atoms with Gasteiger partial charge in [0.15, 0.2) is 0 Å². The summed E-state index contributed by atoms with van der Waals surface area (Å²) in [7, 11) is 6.09. The fourth-order valence-electron chi connectivity index (χ4n) is 3.85. The molecule has 152 valence electrons. The Hall–Kier alpha value is -2.34. The second-order valence-corrected chi connectivity index (χ2v) is 7.77. The van der Waals surface area contributed by atoms with E-state index in [-0.39, 0.29) is 11.9 Å². The molecule has 0 bridgehead atoms.